The zero-order valence-corrected chi connectivity index (χ0v) is 10.7. The Morgan fingerprint density at radius 1 is 1.53 bits per heavy atom. The first-order valence-corrected chi connectivity index (χ1v) is 6.21. The van der Waals surface area contributed by atoms with Crippen molar-refractivity contribution in [3.63, 3.8) is 0 Å². The summed E-state index contributed by atoms with van der Waals surface area (Å²) in [6.07, 6.45) is 2.72. The van der Waals surface area contributed by atoms with E-state index in [2.05, 4.69) is 11.9 Å². The Bertz CT molecular complexity index is 351. The molecule has 4 nitrogen and oxygen atoms in total. The second-order valence-electron chi connectivity index (χ2n) is 4.99. The molecular formula is C13H22N2O2. The second-order valence-corrected chi connectivity index (χ2v) is 4.99. The molecule has 1 aliphatic rings. The summed E-state index contributed by atoms with van der Waals surface area (Å²) in [6, 6.07) is 2.31. The van der Waals surface area contributed by atoms with Crippen molar-refractivity contribution in [1.82, 2.24) is 4.90 Å². The van der Waals surface area contributed by atoms with E-state index in [1.807, 2.05) is 13.0 Å². The van der Waals surface area contributed by atoms with Gasteiger partial charge in [0.15, 0.2) is 0 Å². The summed E-state index contributed by atoms with van der Waals surface area (Å²) in [5.41, 5.74) is 7.35. The molecule has 96 valence electrons. The van der Waals surface area contributed by atoms with Crippen molar-refractivity contribution in [2.24, 2.45) is 11.7 Å². The Labute approximate surface area is 103 Å². The summed E-state index contributed by atoms with van der Waals surface area (Å²) in [4.78, 5) is 2.29. The number of nitrogens with zero attached hydrogens (tertiary/aromatic N) is 1. The van der Waals surface area contributed by atoms with E-state index in [4.69, 9.17) is 14.9 Å². The van der Waals surface area contributed by atoms with Crippen LogP contribution in [0.1, 0.15) is 17.7 Å². The lowest BCUT2D eigenvalue weighted by molar-refractivity contribution is 0.0285. The minimum Gasteiger partial charge on any atom is -0.469 e. The first kappa shape index (κ1) is 12.6. The molecule has 0 radical (unpaired) electrons. The molecular weight excluding hydrogens is 216 g/mol. The van der Waals surface area contributed by atoms with Crippen LogP contribution in [0.15, 0.2) is 16.7 Å². The van der Waals surface area contributed by atoms with Gasteiger partial charge in [0.05, 0.1) is 12.9 Å². The minimum absolute atomic E-state index is 0.275. The molecule has 0 bridgehead atoms. The number of ether oxygens (including phenoxy) is 1. The van der Waals surface area contributed by atoms with Crippen LogP contribution in [0.2, 0.25) is 0 Å². The minimum atomic E-state index is 0.275. The zero-order chi connectivity index (χ0) is 12.3. The molecule has 0 aromatic carbocycles. The van der Waals surface area contributed by atoms with Crippen LogP contribution in [0.4, 0.5) is 0 Å². The summed E-state index contributed by atoms with van der Waals surface area (Å²) in [7, 11) is 2.12. The summed E-state index contributed by atoms with van der Waals surface area (Å²) in [5.74, 6) is 1.45. The molecule has 0 amide bonds. The lowest BCUT2D eigenvalue weighted by atomic mass is 9.96. The molecule has 2 rings (SSSR count). The monoisotopic (exact) mass is 238 g/mol. The number of rotatable bonds is 4. The van der Waals surface area contributed by atoms with Crippen LogP contribution in [0.5, 0.6) is 0 Å². The van der Waals surface area contributed by atoms with E-state index in [1.54, 1.807) is 6.26 Å². The topological polar surface area (TPSA) is 51.6 Å². The van der Waals surface area contributed by atoms with Crippen molar-refractivity contribution in [2.45, 2.75) is 25.9 Å². The predicted molar refractivity (Wildman–Crippen MR) is 66.7 cm³/mol. The molecule has 2 N–H and O–H groups in total. The van der Waals surface area contributed by atoms with Crippen LogP contribution in [-0.4, -0.2) is 37.7 Å². The summed E-state index contributed by atoms with van der Waals surface area (Å²) in [6.45, 7) is 5.48. The van der Waals surface area contributed by atoms with Crippen molar-refractivity contribution < 1.29 is 9.15 Å². The summed E-state index contributed by atoms with van der Waals surface area (Å²) < 4.78 is 10.8. The molecule has 1 aromatic rings. The fraction of sp³-hybridized carbons (Fsp3) is 0.692. The van der Waals surface area contributed by atoms with Crippen LogP contribution in [0.25, 0.3) is 0 Å². The van der Waals surface area contributed by atoms with Crippen LogP contribution >= 0.6 is 0 Å². The highest BCUT2D eigenvalue weighted by atomic mass is 16.5. The van der Waals surface area contributed by atoms with Gasteiger partial charge in [-0.1, -0.05) is 0 Å². The molecule has 1 saturated heterocycles. The van der Waals surface area contributed by atoms with E-state index in [0.29, 0.717) is 5.92 Å². The number of hydrogen-bond acceptors (Lipinski definition) is 4. The Morgan fingerprint density at radius 2 is 2.35 bits per heavy atom. The van der Waals surface area contributed by atoms with Gasteiger partial charge in [-0.2, -0.15) is 0 Å². The van der Waals surface area contributed by atoms with E-state index in [1.165, 1.54) is 5.56 Å². The number of furan rings is 1. The van der Waals surface area contributed by atoms with Crippen LogP contribution in [-0.2, 0) is 11.3 Å². The van der Waals surface area contributed by atoms with E-state index in [-0.39, 0.29) is 6.04 Å². The third-order valence-corrected chi connectivity index (χ3v) is 3.49. The van der Waals surface area contributed by atoms with Crippen molar-refractivity contribution in [2.75, 3.05) is 26.8 Å². The third-order valence-electron chi connectivity index (χ3n) is 3.49. The quantitative estimate of drug-likeness (QED) is 0.861. The maximum atomic E-state index is 6.11. The van der Waals surface area contributed by atoms with Gasteiger partial charge >= 0.3 is 0 Å². The van der Waals surface area contributed by atoms with Crippen molar-refractivity contribution >= 4 is 0 Å². The van der Waals surface area contributed by atoms with Crippen molar-refractivity contribution in [1.29, 1.82) is 0 Å². The summed E-state index contributed by atoms with van der Waals surface area (Å²) in [5, 5.41) is 0. The molecule has 0 saturated carbocycles. The van der Waals surface area contributed by atoms with Gasteiger partial charge in [0.1, 0.15) is 5.76 Å². The van der Waals surface area contributed by atoms with E-state index >= 15 is 0 Å². The number of aryl methyl sites for hydroxylation is 1. The van der Waals surface area contributed by atoms with E-state index < -0.39 is 0 Å². The highest BCUT2D eigenvalue weighted by molar-refractivity contribution is 5.15. The largest absolute Gasteiger partial charge is 0.469 e. The molecule has 1 aliphatic heterocycles. The predicted octanol–water partition coefficient (Wildman–Crippen LogP) is 1.38. The average molecular weight is 238 g/mol. The maximum absolute atomic E-state index is 6.11. The highest BCUT2D eigenvalue weighted by Gasteiger charge is 2.23. The van der Waals surface area contributed by atoms with Gasteiger partial charge in [-0.05, 0) is 26.5 Å². The first-order chi connectivity index (χ1) is 8.16. The molecule has 0 aliphatic carbocycles. The molecule has 4 heteroatoms. The van der Waals surface area contributed by atoms with Gasteiger partial charge in [0.2, 0.25) is 0 Å². The van der Waals surface area contributed by atoms with Crippen molar-refractivity contribution in [3.05, 3.63) is 23.7 Å². The molecule has 17 heavy (non-hydrogen) atoms. The normalized spacial score (nSPS) is 25.4. The molecule has 1 aromatic heterocycles. The molecule has 2 atom stereocenters. The van der Waals surface area contributed by atoms with Gasteiger partial charge in [0, 0.05) is 37.2 Å². The van der Waals surface area contributed by atoms with Gasteiger partial charge in [-0.25, -0.2) is 0 Å². The fourth-order valence-electron chi connectivity index (χ4n) is 2.33. The standard InChI is InChI=1S/C13H22N2O2/c1-10-11(3-6-17-10)7-15(2)8-12-9-16-5-4-13(12)14/h3,6,12-13H,4-5,7-9,14H2,1-2H3. The smallest absolute Gasteiger partial charge is 0.105 e. The Hall–Kier alpha value is -0.840. The SMILES string of the molecule is Cc1occc1CN(C)CC1COCCC1N. The average Bonchev–Trinajstić information content (AvgIpc) is 2.68. The third kappa shape index (κ3) is 3.31. The lowest BCUT2D eigenvalue weighted by Gasteiger charge is -2.31. The molecule has 2 unspecified atom stereocenters. The zero-order valence-electron chi connectivity index (χ0n) is 10.7. The Kier molecular flexibility index (Phi) is 4.20. The number of nitrogens with two attached hydrogens (primary N) is 1. The van der Waals surface area contributed by atoms with Crippen molar-refractivity contribution in [3.8, 4) is 0 Å². The van der Waals surface area contributed by atoms with Gasteiger partial charge < -0.3 is 19.8 Å². The first-order valence-electron chi connectivity index (χ1n) is 6.21. The van der Waals surface area contributed by atoms with Crippen LogP contribution in [0, 0.1) is 12.8 Å². The molecule has 1 fully saturated rings. The van der Waals surface area contributed by atoms with Gasteiger partial charge in [-0.15, -0.1) is 0 Å². The van der Waals surface area contributed by atoms with E-state index in [0.717, 1.165) is 38.5 Å². The lowest BCUT2D eigenvalue weighted by Crippen LogP contribution is -2.44. The van der Waals surface area contributed by atoms with Gasteiger partial charge in [-0.3, -0.25) is 0 Å². The fourth-order valence-corrected chi connectivity index (χ4v) is 2.33. The van der Waals surface area contributed by atoms with E-state index in [9.17, 15) is 0 Å². The Balaban J connectivity index is 1.84. The summed E-state index contributed by atoms with van der Waals surface area (Å²) >= 11 is 0. The van der Waals surface area contributed by atoms with Crippen LogP contribution < -0.4 is 5.73 Å². The maximum Gasteiger partial charge on any atom is 0.105 e. The highest BCUT2D eigenvalue weighted by Crippen LogP contribution is 2.16. The number of hydrogen-bond donors (Lipinski definition) is 1. The van der Waals surface area contributed by atoms with Gasteiger partial charge in [0.25, 0.3) is 0 Å². The molecule has 0 spiro atoms. The molecule has 2 heterocycles. The van der Waals surface area contributed by atoms with Crippen LogP contribution in [0.3, 0.4) is 0 Å². The Morgan fingerprint density at radius 3 is 3.00 bits per heavy atom. The second kappa shape index (κ2) is 5.67.